The molecular formula is C15H23N3O4. The first-order valence-electron chi connectivity index (χ1n) is 7.53. The summed E-state index contributed by atoms with van der Waals surface area (Å²) in [6.07, 6.45) is 0.634. The highest BCUT2D eigenvalue weighted by atomic mass is 16.5. The van der Waals surface area contributed by atoms with E-state index in [1.807, 2.05) is 6.92 Å². The molecule has 1 aromatic heterocycles. The van der Waals surface area contributed by atoms with Gasteiger partial charge in [0, 0.05) is 25.6 Å². The first kappa shape index (κ1) is 16.5. The zero-order valence-corrected chi connectivity index (χ0v) is 13.3. The molecule has 1 saturated heterocycles. The van der Waals surface area contributed by atoms with E-state index in [0.717, 1.165) is 11.3 Å². The average molecular weight is 309 g/mol. The second-order valence-corrected chi connectivity index (χ2v) is 5.81. The minimum Gasteiger partial charge on any atom is -0.391 e. The molecule has 7 nitrogen and oxygen atoms in total. The van der Waals surface area contributed by atoms with E-state index >= 15 is 0 Å². The van der Waals surface area contributed by atoms with Crippen molar-refractivity contribution in [2.45, 2.75) is 52.2 Å². The van der Waals surface area contributed by atoms with Gasteiger partial charge in [-0.3, -0.25) is 9.59 Å². The minimum absolute atomic E-state index is 0.00919. The number of nitrogens with one attached hydrogen (secondary N) is 1. The summed E-state index contributed by atoms with van der Waals surface area (Å²) in [5, 5.41) is 16.7. The van der Waals surface area contributed by atoms with Crippen LogP contribution in [0, 0.1) is 13.8 Å². The molecule has 1 aliphatic rings. The van der Waals surface area contributed by atoms with Crippen LogP contribution in [0.2, 0.25) is 0 Å². The van der Waals surface area contributed by atoms with Gasteiger partial charge in [0.1, 0.15) is 5.76 Å². The lowest BCUT2D eigenvalue weighted by molar-refractivity contribution is -0.130. The normalized spacial score (nSPS) is 22.3. The number of amides is 2. The van der Waals surface area contributed by atoms with E-state index < -0.39 is 6.10 Å². The van der Waals surface area contributed by atoms with Crippen molar-refractivity contribution < 1.29 is 19.2 Å². The molecule has 2 N–H and O–H groups in total. The molecule has 122 valence electrons. The number of hydrogen-bond acceptors (Lipinski definition) is 5. The molecule has 1 fully saturated rings. The van der Waals surface area contributed by atoms with Crippen LogP contribution in [0.15, 0.2) is 4.52 Å². The number of carbonyl (C=O) groups is 2. The third-order valence-corrected chi connectivity index (χ3v) is 4.12. The number of aliphatic hydroxyl groups excluding tert-OH is 1. The maximum Gasteiger partial charge on any atom is 0.227 e. The Morgan fingerprint density at radius 2 is 2.05 bits per heavy atom. The van der Waals surface area contributed by atoms with Crippen LogP contribution in [-0.4, -0.2) is 52.2 Å². The number of carbonyl (C=O) groups excluding carboxylic acids is 2. The van der Waals surface area contributed by atoms with E-state index in [0.29, 0.717) is 31.7 Å². The lowest BCUT2D eigenvalue weighted by atomic mass is 10.1. The van der Waals surface area contributed by atoms with Crippen LogP contribution in [0.25, 0.3) is 0 Å². The van der Waals surface area contributed by atoms with E-state index in [4.69, 9.17) is 4.52 Å². The molecule has 0 aromatic carbocycles. The summed E-state index contributed by atoms with van der Waals surface area (Å²) in [6.45, 7) is 6.04. The molecule has 1 aliphatic heterocycles. The molecule has 2 rings (SSSR count). The molecular weight excluding hydrogens is 286 g/mol. The Bertz CT molecular complexity index is 535. The molecule has 2 heterocycles. The third-order valence-electron chi connectivity index (χ3n) is 4.12. The zero-order valence-electron chi connectivity index (χ0n) is 13.3. The molecule has 0 saturated carbocycles. The van der Waals surface area contributed by atoms with Crippen LogP contribution in [0.3, 0.4) is 0 Å². The summed E-state index contributed by atoms with van der Waals surface area (Å²) >= 11 is 0. The quantitative estimate of drug-likeness (QED) is 0.838. The lowest BCUT2D eigenvalue weighted by Crippen LogP contribution is -2.42. The first-order valence-corrected chi connectivity index (χ1v) is 7.53. The maximum atomic E-state index is 12.4. The fraction of sp³-hybridized carbons (Fsp3) is 0.667. The number of aryl methyl sites for hydroxylation is 2. The lowest BCUT2D eigenvalue weighted by Gasteiger charge is -2.21. The number of likely N-dealkylation sites (tertiary alicyclic amines) is 1. The third kappa shape index (κ3) is 3.85. The number of aliphatic hydroxyl groups is 1. The average Bonchev–Trinajstić information content (AvgIpc) is 2.66. The largest absolute Gasteiger partial charge is 0.391 e. The summed E-state index contributed by atoms with van der Waals surface area (Å²) < 4.78 is 5.08. The van der Waals surface area contributed by atoms with Gasteiger partial charge >= 0.3 is 0 Å². The van der Waals surface area contributed by atoms with Crippen LogP contribution in [0.1, 0.15) is 36.8 Å². The van der Waals surface area contributed by atoms with E-state index in [1.54, 1.807) is 11.8 Å². The summed E-state index contributed by atoms with van der Waals surface area (Å²) in [5.41, 5.74) is 1.56. The molecule has 7 heteroatoms. The summed E-state index contributed by atoms with van der Waals surface area (Å²) in [5.74, 6) is 0.487. The van der Waals surface area contributed by atoms with Gasteiger partial charge in [0.25, 0.3) is 0 Å². The van der Waals surface area contributed by atoms with Crippen LogP contribution in [-0.2, 0) is 16.0 Å². The monoisotopic (exact) mass is 309 g/mol. The Balaban J connectivity index is 1.98. The standard InChI is InChI=1S/C15H23N3O4/c1-9-12(10(2)22-17-9)8-15(21)18-6-4-13(16-11(3)19)14(20)5-7-18/h13-14,20H,4-8H2,1-3H3,(H,16,19)/t13-,14-/m0/s1. The first-order chi connectivity index (χ1) is 10.4. The second-order valence-electron chi connectivity index (χ2n) is 5.81. The van der Waals surface area contributed by atoms with Gasteiger partial charge < -0.3 is 19.8 Å². The Morgan fingerprint density at radius 1 is 1.36 bits per heavy atom. The van der Waals surface area contributed by atoms with Gasteiger partial charge in [0.2, 0.25) is 11.8 Å². The van der Waals surface area contributed by atoms with Crippen molar-refractivity contribution in [2.75, 3.05) is 13.1 Å². The van der Waals surface area contributed by atoms with Gasteiger partial charge in [-0.1, -0.05) is 5.16 Å². The highest BCUT2D eigenvalue weighted by Gasteiger charge is 2.28. The fourth-order valence-corrected chi connectivity index (χ4v) is 2.78. The van der Waals surface area contributed by atoms with Crippen LogP contribution >= 0.6 is 0 Å². The van der Waals surface area contributed by atoms with Crippen molar-refractivity contribution in [3.8, 4) is 0 Å². The molecule has 2 amide bonds. The Kier molecular flexibility index (Phi) is 5.18. The number of aromatic nitrogens is 1. The van der Waals surface area contributed by atoms with Crippen molar-refractivity contribution in [3.05, 3.63) is 17.0 Å². The predicted molar refractivity (Wildman–Crippen MR) is 79.1 cm³/mol. The van der Waals surface area contributed by atoms with Crippen molar-refractivity contribution in [1.29, 1.82) is 0 Å². The molecule has 2 atom stereocenters. The molecule has 22 heavy (non-hydrogen) atoms. The van der Waals surface area contributed by atoms with Crippen molar-refractivity contribution >= 4 is 11.8 Å². The SMILES string of the molecule is CC(=O)N[C@H]1CCN(C(=O)Cc2c(C)noc2C)CC[C@@H]1O. The van der Waals surface area contributed by atoms with E-state index in [9.17, 15) is 14.7 Å². The van der Waals surface area contributed by atoms with Crippen LogP contribution in [0.5, 0.6) is 0 Å². The van der Waals surface area contributed by atoms with Gasteiger partial charge in [-0.05, 0) is 26.7 Å². The van der Waals surface area contributed by atoms with Crippen molar-refractivity contribution in [3.63, 3.8) is 0 Å². The summed E-state index contributed by atoms with van der Waals surface area (Å²) in [7, 11) is 0. The smallest absolute Gasteiger partial charge is 0.227 e. The maximum absolute atomic E-state index is 12.4. The topological polar surface area (TPSA) is 95.7 Å². The van der Waals surface area contributed by atoms with Crippen molar-refractivity contribution in [1.82, 2.24) is 15.4 Å². The highest BCUT2D eigenvalue weighted by Crippen LogP contribution is 2.17. The minimum atomic E-state index is -0.624. The predicted octanol–water partition coefficient (Wildman–Crippen LogP) is 0.322. The number of hydrogen-bond donors (Lipinski definition) is 2. The Morgan fingerprint density at radius 3 is 2.64 bits per heavy atom. The Hall–Kier alpha value is -1.89. The number of rotatable bonds is 3. The molecule has 0 bridgehead atoms. The summed E-state index contributed by atoms with van der Waals surface area (Å²) in [6, 6.07) is -0.297. The zero-order chi connectivity index (χ0) is 16.3. The van der Waals surface area contributed by atoms with Gasteiger partial charge in [-0.25, -0.2) is 0 Å². The molecule has 1 aromatic rings. The molecule has 0 spiro atoms. The van der Waals surface area contributed by atoms with Gasteiger partial charge in [-0.2, -0.15) is 0 Å². The molecule has 0 aliphatic carbocycles. The van der Waals surface area contributed by atoms with E-state index in [-0.39, 0.29) is 24.3 Å². The van der Waals surface area contributed by atoms with Gasteiger partial charge in [-0.15, -0.1) is 0 Å². The van der Waals surface area contributed by atoms with Crippen molar-refractivity contribution in [2.24, 2.45) is 0 Å². The fourth-order valence-electron chi connectivity index (χ4n) is 2.78. The van der Waals surface area contributed by atoms with Crippen LogP contribution < -0.4 is 5.32 Å². The summed E-state index contributed by atoms with van der Waals surface area (Å²) in [4.78, 5) is 25.3. The van der Waals surface area contributed by atoms with E-state index in [1.165, 1.54) is 6.92 Å². The van der Waals surface area contributed by atoms with E-state index in [2.05, 4.69) is 10.5 Å². The molecule has 0 radical (unpaired) electrons. The Labute approximate surface area is 129 Å². The second kappa shape index (κ2) is 6.91. The highest BCUT2D eigenvalue weighted by molar-refractivity contribution is 5.79. The molecule has 0 unspecified atom stereocenters. The van der Waals surface area contributed by atoms with Gasteiger partial charge in [0.15, 0.2) is 0 Å². The number of nitrogens with zero attached hydrogens (tertiary/aromatic N) is 2. The van der Waals surface area contributed by atoms with Crippen LogP contribution in [0.4, 0.5) is 0 Å². The van der Waals surface area contributed by atoms with Gasteiger partial charge in [0.05, 0.1) is 24.3 Å².